The summed E-state index contributed by atoms with van der Waals surface area (Å²) in [5.74, 6) is 0.447. The maximum absolute atomic E-state index is 11.2. The summed E-state index contributed by atoms with van der Waals surface area (Å²) in [5.41, 5.74) is 5.30. The predicted molar refractivity (Wildman–Crippen MR) is 77.4 cm³/mol. The van der Waals surface area contributed by atoms with Crippen molar-refractivity contribution >= 4 is 27.0 Å². The normalized spacial score (nSPS) is 13.4. The van der Waals surface area contributed by atoms with Crippen LogP contribution in [0.15, 0.2) is 35.2 Å². The third kappa shape index (κ3) is 4.41. The molecular formula is C10H17NO6P2S. The van der Waals surface area contributed by atoms with Gasteiger partial charge >= 0.3 is 15.2 Å². The Hall–Kier alpha value is -0.170. The minimum atomic E-state index is -5.12. The van der Waals surface area contributed by atoms with Crippen LogP contribution in [0.3, 0.4) is 0 Å². The van der Waals surface area contributed by atoms with E-state index in [4.69, 9.17) is 25.3 Å². The molecule has 1 aromatic rings. The minimum absolute atomic E-state index is 0.173. The predicted octanol–water partition coefficient (Wildman–Crippen LogP) is 1.53. The first-order chi connectivity index (χ1) is 9.08. The molecule has 0 radical (unpaired) electrons. The maximum atomic E-state index is 11.2. The second kappa shape index (κ2) is 6.73. The molecule has 0 unspecified atom stereocenters. The molecule has 1 aromatic carbocycles. The van der Waals surface area contributed by atoms with E-state index in [9.17, 15) is 9.13 Å². The van der Waals surface area contributed by atoms with Crippen LogP contribution in [0.4, 0.5) is 0 Å². The Balaban J connectivity index is 2.62. The highest BCUT2D eigenvalue weighted by Gasteiger charge is 2.56. The fourth-order valence-electron chi connectivity index (χ4n) is 1.50. The Morgan fingerprint density at radius 3 is 2.00 bits per heavy atom. The number of rotatable bonds is 7. The second-order valence-electron chi connectivity index (χ2n) is 4.23. The Morgan fingerprint density at radius 1 is 1.05 bits per heavy atom. The number of hydrogen-bond acceptors (Lipinski definition) is 4. The Labute approximate surface area is 120 Å². The molecule has 0 aromatic heterocycles. The fraction of sp³-hybridized carbons (Fsp3) is 0.400. The highest BCUT2D eigenvalue weighted by atomic mass is 32.2. The van der Waals surface area contributed by atoms with Gasteiger partial charge in [0.2, 0.25) is 5.02 Å². The van der Waals surface area contributed by atoms with E-state index in [2.05, 4.69) is 0 Å². The Kier molecular flexibility index (Phi) is 6.01. The third-order valence-electron chi connectivity index (χ3n) is 2.71. The van der Waals surface area contributed by atoms with Gasteiger partial charge < -0.3 is 25.3 Å². The van der Waals surface area contributed by atoms with Crippen LogP contribution in [-0.2, 0) is 9.13 Å². The van der Waals surface area contributed by atoms with Crippen LogP contribution in [0.2, 0.25) is 0 Å². The highest BCUT2D eigenvalue weighted by molar-refractivity contribution is 7.99. The van der Waals surface area contributed by atoms with Crippen molar-refractivity contribution in [3.05, 3.63) is 30.3 Å². The maximum Gasteiger partial charge on any atom is 0.357 e. The zero-order chi connectivity index (χ0) is 15.4. The number of nitrogens with two attached hydrogens (primary N) is 1. The molecular weight excluding hydrogens is 324 g/mol. The molecule has 0 bridgehead atoms. The van der Waals surface area contributed by atoms with E-state index < -0.39 is 26.6 Å². The van der Waals surface area contributed by atoms with Crippen molar-refractivity contribution in [2.75, 3.05) is 5.75 Å². The summed E-state index contributed by atoms with van der Waals surface area (Å²) < 4.78 is 22.5. The highest BCUT2D eigenvalue weighted by Crippen LogP contribution is 2.67. The summed E-state index contributed by atoms with van der Waals surface area (Å²) in [6, 6.07) is 9.29. The lowest BCUT2D eigenvalue weighted by Gasteiger charge is -2.30. The van der Waals surface area contributed by atoms with Crippen LogP contribution in [-0.4, -0.2) is 30.3 Å². The van der Waals surface area contributed by atoms with Crippen molar-refractivity contribution in [1.29, 1.82) is 0 Å². The van der Waals surface area contributed by atoms with Crippen molar-refractivity contribution < 1.29 is 28.7 Å². The number of benzene rings is 1. The molecule has 114 valence electrons. The average Bonchev–Trinajstić information content (AvgIpc) is 2.33. The molecule has 0 saturated heterocycles. The average molecular weight is 341 g/mol. The van der Waals surface area contributed by atoms with Gasteiger partial charge in [-0.05, 0) is 30.7 Å². The quantitative estimate of drug-likeness (QED) is 0.286. The van der Waals surface area contributed by atoms with Gasteiger partial charge in [-0.15, -0.1) is 11.8 Å². The molecule has 0 amide bonds. The Morgan fingerprint density at radius 2 is 1.55 bits per heavy atom. The summed E-state index contributed by atoms with van der Waals surface area (Å²) in [5, 5.41) is -2.81. The van der Waals surface area contributed by atoms with Crippen LogP contribution in [0.5, 0.6) is 0 Å². The molecule has 6 N–H and O–H groups in total. The van der Waals surface area contributed by atoms with E-state index in [1.807, 2.05) is 30.3 Å². The van der Waals surface area contributed by atoms with Crippen molar-refractivity contribution in [2.45, 2.75) is 22.8 Å². The van der Waals surface area contributed by atoms with E-state index in [0.29, 0.717) is 5.75 Å². The van der Waals surface area contributed by atoms with Crippen molar-refractivity contribution in [2.24, 2.45) is 5.73 Å². The zero-order valence-corrected chi connectivity index (χ0v) is 13.1. The molecule has 7 nitrogen and oxygen atoms in total. The minimum Gasteiger partial charge on any atom is -0.323 e. The van der Waals surface area contributed by atoms with E-state index in [0.717, 1.165) is 4.90 Å². The van der Waals surface area contributed by atoms with Crippen LogP contribution < -0.4 is 5.73 Å². The van der Waals surface area contributed by atoms with Gasteiger partial charge in [0.15, 0.2) is 0 Å². The number of hydrogen-bond donors (Lipinski definition) is 5. The molecule has 1 rings (SSSR count). The van der Waals surface area contributed by atoms with Crippen LogP contribution in [0, 0.1) is 0 Å². The first-order valence-electron chi connectivity index (χ1n) is 5.66. The summed E-state index contributed by atoms with van der Waals surface area (Å²) in [6.45, 7) is 0. The van der Waals surface area contributed by atoms with E-state index >= 15 is 0 Å². The molecule has 0 aliphatic rings. The SMILES string of the molecule is NC(CCCSc1ccccc1)(P(=O)(O)O)P(=O)(O)O. The van der Waals surface area contributed by atoms with Crippen LogP contribution in [0.25, 0.3) is 0 Å². The monoisotopic (exact) mass is 341 g/mol. The molecule has 0 saturated carbocycles. The molecule has 0 fully saturated rings. The van der Waals surface area contributed by atoms with Crippen molar-refractivity contribution in [3.8, 4) is 0 Å². The van der Waals surface area contributed by atoms with E-state index in [-0.39, 0.29) is 6.42 Å². The smallest absolute Gasteiger partial charge is 0.323 e. The summed E-state index contributed by atoms with van der Waals surface area (Å²) in [6.07, 6.45) is -0.284. The largest absolute Gasteiger partial charge is 0.357 e. The molecule has 0 spiro atoms. The lowest BCUT2D eigenvalue weighted by atomic mass is 10.3. The lowest BCUT2D eigenvalue weighted by molar-refractivity contribution is 0.302. The zero-order valence-electron chi connectivity index (χ0n) is 10.5. The van der Waals surface area contributed by atoms with Crippen molar-refractivity contribution in [1.82, 2.24) is 0 Å². The fourth-order valence-corrected chi connectivity index (χ4v) is 4.63. The molecule has 20 heavy (non-hydrogen) atoms. The van der Waals surface area contributed by atoms with Crippen molar-refractivity contribution in [3.63, 3.8) is 0 Å². The van der Waals surface area contributed by atoms with Gasteiger partial charge in [-0.1, -0.05) is 18.2 Å². The Bertz CT molecular complexity index is 506. The van der Waals surface area contributed by atoms with Crippen LogP contribution >= 0.6 is 27.0 Å². The van der Waals surface area contributed by atoms with Gasteiger partial charge in [0, 0.05) is 4.90 Å². The third-order valence-corrected chi connectivity index (χ3v) is 7.84. The first kappa shape index (κ1) is 17.9. The molecule has 0 atom stereocenters. The first-order valence-corrected chi connectivity index (χ1v) is 9.87. The van der Waals surface area contributed by atoms with Crippen LogP contribution in [0.1, 0.15) is 12.8 Å². The van der Waals surface area contributed by atoms with Gasteiger partial charge in [-0.2, -0.15) is 0 Å². The summed E-state index contributed by atoms with van der Waals surface area (Å²) in [7, 11) is -10.2. The van der Waals surface area contributed by atoms with Gasteiger partial charge in [0.1, 0.15) is 0 Å². The van der Waals surface area contributed by atoms with Gasteiger partial charge in [0.05, 0.1) is 0 Å². The lowest BCUT2D eigenvalue weighted by Crippen LogP contribution is -2.39. The molecule has 0 aliphatic heterocycles. The van der Waals surface area contributed by atoms with E-state index in [1.165, 1.54) is 11.8 Å². The summed E-state index contributed by atoms with van der Waals surface area (Å²) >= 11 is 1.42. The second-order valence-corrected chi connectivity index (χ2v) is 9.52. The number of thioether (sulfide) groups is 1. The van der Waals surface area contributed by atoms with Gasteiger partial charge in [-0.3, -0.25) is 9.13 Å². The molecule has 10 heteroatoms. The molecule has 0 aliphatic carbocycles. The van der Waals surface area contributed by atoms with Gasteiger partial charge in [0.25, 0.3) is 0 Å². The summed E-state index contributed by atoms with van der Waals surface area (Å²) in [4.78, 5) is 37.3. The molecule has 0 heterocycles. The standard InChI is InChI=1S/C10H17NO6P2S/c11-10(18(12,13)14,19(15,16)17)7-4-8-20-9-5-2-1-3-6-9/h1-3,5-6H,4,7-8,11H2,(H2,12,13,14)(H2,15,16,17). The van der Waals surface area contributed by atoms with Gasteiger partial charge in [-0.25, -0.2) is 0 Å². The van der Waals surface area contributed by atoms with E-state index in [1.54, 1.807) is 0 Å². The topological polar surface area (TPSA) is 141 Å².